The van der Waals surface area contributed by atoms with Crippen molar-refractivity contribution < 1.29 is 0 Å². The van der Waals surface area contributed by atoms with Gasteiger partial charge in [-0.2, -0.15) is 0 Å². The van der Waals surface area contributed by atoms with Crippen LogP contribution in [0.1, 0.15) is 39.5 Å². The van der Waals surface area contributed by atoms with E-state index in [1.165, 1.54) is 19.3 Å². The molecule has 0 saturated heterocycles. The molecule has 1 saturated carbocycles. The van der Waals surface area contributed by atoms with Gasteiger partial charge in [-0.25, -0.2) is 0 Å². The number of hydrogen-bond acceptors (Lipinski definition) is 0. The molecule has 56 valence electrons. The summed E-state index contributed by atoms with van der Waals surface area (Å²) in [7, 11) is 0. The number of hydrogen-bond donors (Lipinski definition) is 0. The third-order valence-electron chi connectivity index (χ3n) is 2.41. The molecule has 1 aliphatic rings. The average Bonchev–Trinajstić information content (AvgIpc) is 2.68. The summed E-state index contributed by atoms with van der Waals surface area (Å²) in [5.41, 5.74) is 0. The Morgan fingerprint density at radius 1 is 1.40 bits per heavy atom. The lowest BCUT2D eigenvalue weighted by Crippen LogP contribution is -1.79. The van der Waals surface area contributed by atoms with Crippen LogP contribution in [0.3, 0.4) is 0 Å². The molecule has 0 bridgehead atoms. The molecule has 0 aromatic carbocycles. The first-order valence-electron chi connectivity index (χ1n) is 4.28. The van der Waals surface area contributed by atoms with Crippen LogP contribution in [0.4, 0.5) is 0 Å². The summed E-state index contributed by atoms with van der Waals surface area (Å²) < 4.78 is 0. The average molecular weight is 136 g/mol. The van der Waals surface area contributed by atoms with Crippen LogP contribution < -0.4 is 0 Å². The maximum Gasteiger partial charge on any atom is 0.00913 e. The summed E-state index contributed by atoms with van der Waals surface area (Å²) >= 11 is 0. The van der Waals surface area contributed by atoms with Gasteiger partial charge in [0.25, 0.3) is 0 Å². The maximum absolute atomic E-state index is 3.11. The van der Waals surface area contributed by atoms with Crippen LogP contribution in [0.5, 0.6) is 0 Å². The standard InChI is InChI=1S/C10H16/c1-3-5-6-7-10-8-9(10)4-2/h9-10H,4,6-8H2,1-2H3. The Kier molecular flexibility index (Phi) is 2.81. The van der Waals surface area contributed by atoms with Gasteiger partial charge in [-0.1, -0.05) is 13.3 Å². The highest BCUT2D eigenvalue weighted by Gasteiger charge is 2.33. The molecule has 2 unspecified atom stereocenters. The van der Waals surface area contributed by atoms with E-state index in [1.807, 2.05) is 6.92 Å². The molecule has 0 aliphatic heterocycles. The quantitative estimate of drug-likeness (QED) is 0.523. The molecular weight excluding hydrogens is 120 g/mol. The van der Waals surface area contributed by atoms with E-state index in [4.69, 9.17) is 0 Å². The zero-order valence-corrected chi connectivity index (χ0v) is 6.98. The molecule has 1 aliphatic carbocycles. The first kappa shape index (κ1) is 7.66. The first-order valence-corrected chi connectivity index (χ1v) is 4.28. The second-order valence-corrected chi connectivity index (χ2v) is 3.13. The highest BCUT2D eigenvalue weighted by molar-refractivity contribution is 4.97. The van der Waals surface area contributed by atoms with Gasteiger partial charge in [0, 0.05) is 6.42 Å². The number of rotatable bonds is 3. The molecule has 0 heteroatoms. The van der Waals surface area contributed by atoms with Crippen molar-refractivity contribution in [3.63, 3.8) is 0 Å². The minimum atomic E-state index is 1.03. The molecule has 0 nitrogen and oxygen atoms in total. The Balaban J connectivity index is 2.00. The molecular formula is C10H16. The van der Waals surface area contributed by atoms with Gasteiger partial charge in [-0.3, -0.25) is 0 Å². The monoisotopic (exact) mass is 136 g/mol. The van der Waals surface area contributed by atoms with Crippen molar-refractivity contribution in [2.24, 2.45) is 11.8 Å². The second kappa shape index (κ2) is 3.66. The second-order valence-electron chi connectivity index (χ2n) is 3.13. The molecule has 2 atom stereocenters. The van der Waals surface area contributed by atoms with E-state index in [0.29, 0.717) is 0 Å². The Hall–Kier alpha value is -0.440. The zero-order valence-electron chi connectivity index (χ0n) is 6.98. The molecule has 0 aromatic heterocycles. The van der Waals surface area contributed by atoms with Crippen LogP contribution in [-0.2, 0) is 0 Å². The molecule has 10 heavy (non-hydrogen) atoms. The van der Waals surface area contributed by atoms with Gasteiger partial charge < -0.3 is 0 Å². The van der Waals surface area contributed by atoms with E-state index in [-0.39, 0.29) is 0 Å². The van der Waals surface area contributed by atoms with Crippen molar-refractivity contribution in [1.29, 1.82) is 0 Å². The van der Waals surface area contributed by atoms with Gasteiger partial charge in [0.15, 0.2) is 0 Å². The molecule has 0 heterocycles. The molecule has 0 N–H and O–H groups in total. The molecule has 1 fully saturated rings. The van der Waals surface area contributed by atoms with Crippen LogP contribution in [0.2, 0.25) is 0 Å². The summed E-state index contributed by atoms with van der Waals surface area (Å²) in [6.45, 7) is 4.21. The fraction of sp³-hybridized carbons (Fsp3) is 0.800. The summed E-state index contributed by atoms with van der Waals surface area (Å²) in [6, 6.07) is 0. The normalized spacial score (nSPS) is 29.0. The fourth-order valence-corrected chi connectivity index (χ4v) is 1.55. The smallest absolute Gasteiger partial charge is 0.00913 e. The highest BCUT2D eigenvalue weighted by Crippen LogP contribution is 2.43. The summed E-state index contributed by atoms with van der Waals surface area (Å²) in [5.74, 6) is 8.14. The molecule has 0 radical (unpaired) electrons. The van der Waals surface area contributed by atoms with Crippen LogP contribution in [0.25, 0.3) is 0 Å². The van der Waals surface area contributed by atoms with Gasteiger partial charge in [0.2, 0.25) is 0 Å². The van der Waals surface area contributed by atoms with Crippen molar-refractivity contribution in [2.45, 2.75) is 39.5 Å². The lowest BCUT2D eigenvalue weighted by Gasteiger charge is -1.90. The molecule has 0 spiro atoms. The topological polar surface area (TPSA) is 0 Å². The van der Waals surface area contributed by atoms with E-state index in [1.54, 1.807) is 0 Å². The van der Waals surface area contributed by atoms with E-state index < -0.39 is 0 Å². The third-order valence-corrected chi connectivity index (χ3v) is 2.41. The van der Waals surface area contributed by atoms with Gasteiger partial charge in [-0.15, -0.1) is 11.8 Å². The van der Waals surface area contributed by atoms with Crippen LogP contribution in [0, 0.1) is 23.7 Å². The highest BCUT2D eigenvalue weighted by atomic mass is 14.4. The Morgan fingerprint density at radius 2 is 2.20 bits per heavy atom. The van der Waals surface area contributed by atoms with E-state index >= 15 is 0 Å². The van der Waals surface area contributed by atoms with Crippen molar-refractivity contribution in [3.8, 4) is 11.8 Å². The fourth-order valence-electron chi connectivity index (χ4n) is 1.55. The third kappa shape index (κ3) is 2.06. The van der Waals surface area contributed by atoms with Gasteiger partial charge in [-0.05, 0) is 31.6 Å². The maximum atomic E-state index is 3.11. The van der Waals surface area contributed by atoms with E-state index in [9.17, 15) is 0 Å². The predicted molar refractivity (Wildman–Crippen MR) is 44.6 cm³/mol. The minimum Gasteiger partial charge on any atom is -0.107 e. The van der Waals surface area contributed by atoms with Crippen LogP contribution in [-0.4, -0.2) is 0 Å². The zero-order chi connectivity index (χ0) is 7.40. The molecule has 0 amide bonds. The van der Waals surface area contributed by atoms with Gasteiger partial charge >= 0.3 is 0 Å². The van der Waals surface area contributed by atoms with Crippen molar-refractivity contribution in [3.05, 3.63) is 0 Å². The van der Waals surface area contributed by atoms with E-state index in [0.717, 1.165) is 18.3 Å². The minimum absolute atomic E-state index is 1.03. The summed E-state index contributed by atoms with van der Waals surface area (Å²) in [6.07, 6.45) is 5.32. The van der Waals surface area contributed by atoms with Gasteiger partial charge in [0.1, 0.15) is 0 Å². The lowest BCUT2D eigenvalue weighted by atomic mass is 10.2. The Morgan fingerprint density at radius 3 is 2.70 bits per heavy atom. The lowest BCUT2D eigenvalue weighted by molar-refractivity contribution is 0.643. The SMILES string of the molecule is CC#CCCC1CC1CC. The van der Waals surface area contributed by atoms with Gasteiger partial charge in [0.05, 0.1) is 0 Å². The summed E-state index contributed by atoms with van der Waals surface area (Å²) in [5, 5.41) is 0. The van der Waals surface area contributed by atoms with Crippen molar-refractivity contribution >= 4 is 0 Å². The van der Waals surface area contributed by atoms with Crippen molar-refractivity contribution in [1.82, 2.24) is 0 Å². The van der Waals surface area contributed by atoms with Crippen LogP contribution >= 0.6 is 0 Å². The first-order chi connectivity index (χ1) is 4.88. The Bertz CT molecular complexity index is 147. The predicted octanol–water partition coefficient (Wildman–Crippen LogP) is 2.84. The largest absolute Gasteiger partial charge is 0.107 e. The Labute approximate surface area is 64.0 Å². The summed E-state index contributed by atoms with van der Waals surface area (Å²) in [4.78, 5) is 0. The van der Waals surface area contributed by atoms with E-state index in [2.05, 4.69) is 18.8 Å². The molecule has 0 aromatic rings. The van der Waals surface area contributed by atoms with Crippen LogP contribution in [0.15, 0.2) is 0 Å². The molecule has 1 rings (SSSR count). The van der Waals surface area contributed by atoms with Crippen molar-refractivity contribution in [2.75, 3.05) is 0 Å².